The number of H-pyrrole nitrogens is 1. The lowest BCUT2D eigenvalue weighted by Gasteiger charge is -2.27. The van der Waals surface area contributed by atoms with E-state index >= 15 is 4.39 Å². The van der Waals surface area contributed by atoms with Crippen LogP contribution in [-0.4, -0.2) is 62.5 Å². The van der Waals surface area contributed by atoms with Crippen LogP contribution in [0.1, 0.15) is 27.0 Å². The number of esters is 1. The Hall–Kier alpha value is -2.87. The Morgan fingerprint density at radius 1 is 1.25 bits per heavy atom. The number of nitrogens with one attached hydrogen (secondary N) is 2. The average Bonchev–Trinajstić information content (AvgIpc) is 3.02. The number of benzene rings is 1. The molecule has 36 heavy (non-hydrogen) atoms. The molecule has 15 heteroatoms. The summed E-state index contributed by atoms with van der Waals surface area (Å²) in [5, 5.41) is 23.0. The van der Waals surface area contributed by atoms with Crippen molar-refractivity contribution < 1.29 is 42.5 Å². The number of nitrogens with zero attached hydrogens (tertiary/aromatic N) is 1. The first-order valence-electron chi connectivity index (χ1n) is 10.9. The normalized spacial score (nSPS) is 26.4. The van der Waals surface area contributed by atoms with Gasteiger partial charge in [0.05, 0.1) is 6.10 Å². The van der Waals surface area contributed by atoms with Crippen molar-refractivity contribution in [1.29, 1.82) is 0 Å². The molecule has 1 aromatic heterocycles. The molecule has 0 saturated carbocycles. The van der Waals surface area contributed by atoms with Gasteiger partial charge in [0.15, 0.2) is 6.23 Å². The van der Waals surface area contributed by atoms with E-state index in [4.69, 9.17) is 18.5 Å². The predicted octanol–water partition coefficient (Wildman–Crippen LogP) is 0.586. The second-order valence-electron chi connectivity index (χ2n) is 8.26. The van der Waals surface area contributed by atoms with Gasteiger partial charge in [-0.2, -0.15) is 5.09 Å². The molecule has 3 rings (SSSR count). The Morgan fingerprint density at radius 3 is 2.53 bits per heavy atom. The van der Waals surface area contributed by atoms with Crippen LogP contribution in [0.2, 0.25) is 0 Å². The smallest absolute Gasteiger partial charge is 0.459 e. The zero-order valence-electron chi connectivity index (χ0n) is 19.6. The van der Waals surface area contributed by atoms with Crippen molar-refractivity contribution in [2.24, 2.45) is 0 Å². The summed E-state index contributed by atoms with van der Waals surface area (Å²) in [6.07, 6.45) is -5.50. The predicted molar refractivity (Wildman–Crippen MR) is 122 cm³/mol. The standard InChI is InChI=1S/C21H27FN3O10P/c1-12(2)33-19(29)13(3)24-36(31,35-14-7-5-4-6-8-14)32-11-21(22)17(28)16(27)18(34-21)25-10-9-15(26)23-20(25)30/h4-10,12-13,16-18,27-28H,11H2,1-3H3,(H,24,31)(H,23,26,30)/t13-,16-,17+,18-,21-,36+/m1/s1. The van der Waals surface area contributed by atoms with Crippen molar-refractivity contribution in [1.82, 2.24) is 14.6 Å². The van der Waals surface area contributed by atoms with Crippen LogP contribution in [-0.2, 0) is 23.4 Å². The van der Waals surface area contributed by atoms with Gasteiger partial charge in [0.25, 0.3) is 11.4 Å². The van der Waals surface area contributed by atoms with E-state index in [2.05, 4.69) is 5.09 Å². The fourth-order valence-electron chi connectivity index (χ4n) is 3.23. The molecule has 1 aromatic carbocycles. The van der Waals surface area contributed by atoms with Crippen molar-refractivity contribution in [3.63, 3.8) is 0 Å². The molecule has 0 amide bonds. The molecule has 1 saturated heterocycles. The molecule has 13 nitrogen and oxygen atoms in total. The molecule has 6 atom stereocenters. The fourth-order valence-corrected chi connectivity index (χ4v) is 4.73. The number of ether oxygens (including phenoxy) is 2. The minimum atomic E-state index is -4.52. The molecule has 0 bridgehead atoms. The van der Waals surface area contributed by atoms with Crippen molar-refractivity contribution in [2.75, 3.05) is 6.61 Å². The minimum absolute atomic E-state index is 0.0521. The summed E-state index contributed by atoms with van der Waals surface area (Å²) < 4.78 is 50.5. The number of aromatic nitrogens is 2. The number of carbonyl (C=O) groups excluding carboxylic acids is 1. The molecule has 2 aromatic rings. The van der Waals surface area contributed by atoms with E-state index in [1.807, 2.05) is 4.98 Å². The van der Waals surface area contributed by atoms with Crippen LogP contribution < -0.4 is 20.9 Å². The van der Waals surface area contributed by atoms with E-state index in [1.165, 1.54) is 19.1 Å². The van der Waals surface area contributed by atoms with Crippen LogP contribution in [0.4, 0.5) is 4.39 Å². The molecule has 0 spiro atoms. The Balaban J connectivity index is 1.81. The topological polar surface area (TPSA) is 178 Å². The Labute approximate surface area is 204 Å². The van der Waals surface area contributed by atoms with E-state index in [-0.39, 0.29) is 5.75 Å². The molecule has 1 aliphatic heterocycles. The number of carbonyl (C=O) groups is 1. The van der Waals surface area contributed by atoms with Gasteiger partial charge in [-0.3, -0.25) is 23.7 Å². The second-order valence-corrected chi connectivity index (χ2v) is 9.95. The highest BCUT2D eigenvalue weighted by atomic mass is 31.2. The summed E-state index contributed by atoms with van der Waals surface area (Å²) in [6.45, 7) is 3.30. The van der Waals surface area contributed by atoms with Gasteiger partial charge in [-0.25, -0.2) is 13.8 Å². The zero-order chi connectivity index (χ0) is 26.7. The number of halogens is 1. The van der Waals surface area contributed by atoms with Gasteiger partial charge < -0.3 is 24.2 Å². The highest BCUT2D eigenvalue weighted by molar-refractivity contribution is 7.52. The van der Waals surface area contributed by atoms with Crippen LogP contribution in [0.25, 0.3) is 0 Å². The molecule has 2 heterocycles. The highest BCUT2D eigenvalue weighted by Crippen LogP contribution is 2.48. The number of aliphatic hydroxyl groups is 2. The lowest BCUT2D eigenvalue weighted by molar-refractivity contribution is -0.204. The van der Waals surface area contributed by atoms with Gasteiger partial charge in [0, 0.05) is 12.3 Å². The second kappa shape index (κ2) is 11.0. The van der Waals surface area contributed by atoms with Gasteiger partial charge in [-0.1, -0.05) is 18.2 Å². The summed E-state index contributed by atoms with van der Waals surface area (Å²) in [7, 11) is -4.52. The summed E-state index contributed by atoms with van der Waals surface area (Å²) >= 11 is 0. The lowest BCUT2D eigenvalue weighted by atomic mass is 10.1. The van der Waals surface area contributed by atoms with Crippen molar-refractivity contribution in [2.45, 2.75) is 57.2 Å². The van der Waals surface area contributed by atoms with Gasteiger partial charge in [-0.15, -0.1) is 0 Å². The van der Waals surface area contributed by atoms with Crippen LogP contribution in [0, 0.1) is 0 Å². The average molecular weight is 531 g/mol. The monoisotopic (exact) mass is 531 g/mol. The third-order valence-corrected chi connectivity index (χ3v) is 6.58. The van der Waals surface area contributed by atoms with E-state index in [9.17, 15) is 29.2 Å². The fraction of sp³-hybridized carbons (Fsp3) is 0.476. The maximum absolute atomic E-state index is 15.6. The summed E-state index contributed by atoms with van der Waals surface area (Å²) in [5.41, 5.74) is -1.77. The largest absolute Gasteiger partial charge is 0.462 e. The Kier molecular flexibility index (Phi) is 8.49. The maximum atomic E-state index is 15.6. The molecule has 0 aliphatic carbocycles. The summed E-state index contributed by atoms with van der Waals surface area (Å²) in [5.74, 6) is -3.90. The van der Waals surface area contributed by atoms with Gasteiger partial charge in [-0.05, 0) is 32.9 Å². The third kappa shape index (κ3) is 6.46. The van der Waals surface area contributed by atoms with E-state index in [0.717, 1.165) is 12.3 Å². The lowest BCUT2D eigenvalue weighted by Crippen LogP contribution is -2.44. The Morgan fingerprint density at radius 2 is 1.92 bits per heavy atom. The number of para-hydroxylation sites is 1. The summed E-state index contributed by atoms with van der Waals surface area (Å²) in [4.78, 5) is 37.4. The number of aliphatic hydroxyl groups excluding tert-OH is 2. The van der Waals surface area contributed by atoms with Gasteiger partial charge in [0.2, 0.25) is 0 Å². The molecule has 0 unspecified atom stereocenters. The number of hydrogen-bond donors (Lipinski definition) is 4. The molecular formula is C21H27FN3O10P. The first-order valence-corrected chi connectivity index (χ1v) is 12.4. The van der Waals surface area contributed by atoms with Crippen LogP contribution in [0.15, 0.2) is 52.2 Å². The van der Waals surface area contributed by atoms with Crippen LogP contribution in [0.3, 0.4) is 0 Å². The molecule has 1 fully saturated rings. The van der Waals surface area contributed by atoms with Gasteiger partial charge in [0.1, 0.15) is 30.6 Å². The van der Waals surface area contributed by atoms with Gasteiger partial charge >= 0.3 is 19.4 Å². The molecule has 198 valence electrons. The minimum Gasteiger partial charge on any atom is -0.462 e. The number of alkyl halides is 1. The number of aromatic amines is 1. The highest BCUT2D eigenvalue weighted by Gasteiger charge is 2.57. The SMILES string of the molecule is CC(C)OC(=O)[C@@H](C)N[P@](=O)(OC[C@@]1(F)O[C@@H](n2ccc(=O)[nH]c2=O)[C@H](O)[C@@H]1O)Oc1ccccc1. The van der Waals surface area contributed by atoms with Crippen LogP contribution >= 0.6 is 7.75 Å². The molecular weight excluding hydrogens is 504 g/mol. The first-order chi connectivity index (χ1) is 16.8. The Bertz CT molecular complexity index is 1220. The molecule has 0 radical (unpaired) electrons. The van der Waals surface area contributed by atoms with E-state index in [0.29, 0.717) is 4.57 Å². The molecule has 1 aliphatic rings. The maximum Gasteiger partial charge on any atom is 0.459 e. The quantitative estimate of drug-likeness (QED) is 0.249. The third-order valence-electron chi connectivity index (χ3n) is 4.96. The summed E-state index contributed by atoms with van der Waals surface area (Å²) in [6, 6.07) is 7.38. The number of rotatable bonds is 10. The molecule has 4 N–H and O–H groups in total. The van der Waals surface area contributed by atoms with E-state index < -0.39 is 68.0 Å². The number of hydrogen-bond acceptors (Lipinski definition) is 10. The zero-order valence-corrected chi connectivity index (χ0v) is 20.5. The van der Waals surface area contributed by atoms with Crippen LogP contribution in [0.5, 0.6) is 5.75 Å². The van der Waals surface area contributed by atoms with Crippen molar-refractivity contribution in [3.8, 4) is 5.75 Å². The van der Waals surface area contributed by atoms with Crippen molar-refractivity contribution >= 4 is 13.7 Å². The first kappa shape index (κ1) is 27.7. The van der Waals surface area contributed by atoms with Crippen molar-refractivity contribution in [3.05, 3.63) is 63.4 Å². The van der Waals surface area contributed by atoms with E-state index in [1.54, 1.807) is 32.0 Å².